The van der Waals surface area contributed by atoms with Crippen LogP contribution in [0, 0.1) is 25.2 Å². The van der Waals surface area contributed by atoms with Crippen molar-refractivity contribution in [3.05, 3.63) is 75.4 Å². The Morgan fingerprint density at radius 2 is 1.86 bits per heavy atom. The van der Waals surface area contributed by atoms with Crippen LogP contribution >= 0.6 is 11.8 Å². The Hall–Kier alpha value is -5.14. The van der Waals surface area contributed by atoms with Crippen molar-refractivity contribution in [2.45, 2.75) is 74.6 Å². The van der Waals surface area contributed by atoms with Crippen LogP contribution < -0.4 is 23.7 Å². The highest BCUT2D eigenvalue weighted by Gasteiger charge is 2.62. The van der Waals surface area contributed by atoms with E-state index in [2.05, 4.69) is 27.3 Å². The summed E-state index contributed by atoms with van der Waals surface area (Å²) >= 11 is 1.50. The second-order valence-corrected chi connectivity index (χ2v) is 17.0. The van der Waals surface area contributed by atoms with Crippen molar-refractivity contribution >= 4 is 23.7 Å². The van der Waals surface area contributed by atoms with Gasteiger partial charge in [0.05, 0.1) is 37.6 Å². The molecule has 3 aromatic carbocycles. The minimum absolute atomic E-state index is 0.0283. The zero-order valence-electron chi connectivity index (χ0n) is 33.3. The fraction of sp³-hybridized carbons (Fsp3) is 0.465. The molecule has 7 atom stereocenters. The zero-order valence-corrected chi connectivity index (χ0v) is 34.1. The summed E-state index contributed by atoms with van der Waals surface area (Å²) in [4.78, 5) is 34.7. The molecule has 4 bridgehead atoms. The monoisotopic (exact) mass is 810 g/mol. The van der Waals surface area contributed by atoms with Crippen molar-refractivity contribution in [1.82, 2.24) is 14.7 Å². The number of phenols is 2. The van der Waals surface area contributed by atoms with Gasteiger partial charge in [-0.25, -0.2) is 4.79 Å². The quantitative estimate of drug-likeness (QED) is 0.203. The average molecular weight is 811 g/mol. The minimum Gasteiger partial charge on any atom is -0.504 e. The molecule has 58 heavy (non-hydrogen) atoms. The van der Waals surface area contributed by atoms with E-state index in [0.29, 0.717) is 76.7 Å². The van der Waals surface area contributed by atoms with Gasteiger partial charge in [-0.15, -0.1) is 18.3 Å². The molecule has 0 amide bonds. The first-order valence-electron chi connectivity index (χ1n) is 19.4. The van der Waals surface area contributed by atoms with Gasteiger partial charge in [0.15, 0.2) is 40.0 Å². The maximum Gasteiger partial charge on any atom is 0.332 e. The number of methoxy groups -OCH3 is 2. The number of thioether (sulfide) groups is 1. The largest absolute Gasteiger partial charge is 0.504 e. The molecule has 2 fully saturated rings. The molecular formula is C43H46N4O10S. The number of phenolic OH excluding ortho intramolecular Hbond substituents is 2. The lowest BCUT2D eigenvalue weighted by Crippen LogP contribution is -2.69. The third kappa shape index (κ3) is 5.20. The van der Waals surface area contributed by atoms with Crippen LogP contribution in [0.15, 0.2) is 30.9 Å². The number of piperazine rings is 1. The molecule has 10 rings (SSSR count). The van der Waals surface area contributed by atoms with Gasteiger partial charge in [0, 0.05) is 60.1 Å². The van der Waals surface area contributed by atoms with Gasteiger partial charge < -0.3 is 38.6 Å². The van der Waals surface area contributed by atoms with Crippen LogP contribution in [0.2, 0.25) is 0 Å². The standard InChI is InChI=1S/C43H46N4O10S/c1-8-10-46-11-9-23-14-29(49)30(52-6)15-25(23)43(46)18-58-41-33-32(40-39(55-19-56-40)21(3)38(33)57-22(4)48)28(17-54-42(43)51)47-27(16-44)26-13-24-12-20(2)37(53-7)36(50)31(24)34(35(41)47)45(26)5/h8,12,14-15,26-28,34-35,41,49-50H,1,9-11,13,17-19H2,2-7H3/t26-,27-,28+,34+,35+,41+,43+/m0/s1. The number of nitrogens with zero attached hydrogens (tertiary/aromatic N) is 4. The predicted molar refractivity (Wildman–Crippen MR) is 212 cm³/mol. The fourth-order valence-corrected chi connectivity index (χ4v) is 12.5. The molecule has 304 valence electrons. The topological polar surface area (TPSA) is 163 Å². The Labute approximate surface area is 340 Å². The van der Waals surface area contributed by atoms with Gasteiger partial charge in [0.25, 0.3) is 0 Å². The zero-order chi connectivity index (χ0) is 40.9. The van der Waals surface area contributed by atoms with Crippen LogP contribution in [0.4, 0.5) is 0 Å². The molecule has 2 saturated heterocycles. The summed E-state index contributed by atoms with van der Waals surface area (Å²) in [5.74, 6) is 0.949. The van der Waals surface area contributed by atoms with E-state index in [9.17, 15) is 20.3 Å². The van der Waals surface area contributed by atoms with Crippen molar-refractivity contribution in [2.75, 3.05) is 53.5 Å². The van der Waals surface area contributed by atoms with Crippen LogP contribution in [0.1, 0.15) is 68.8 Å². The van der Waals surface area contributed by atoms with E-state index in [-0.39, 0.29) is 42.4 Å². The Kier molecular flexibility index (Phi) is 9.27. The molecular weight excluding hydrogens is 765 g/mol. The van der Waals surface area contributed by atoms with Gasteiger partial charge in [-0.05, 0) is 68.1 Å². The van der Waals surface area contributed by atoms with Crippen molar-refractivity contribution in [2.24, 2.45) is 0 Å². The Morgan fingerprint density at radius 3 is 2.57 bits per heavy atom. The number of nitriles is 1. The number of hydrogen-bond donors (Lipinski definition) is 2. The molecule has 15 heteroatoms. The number of hydrogen-bond acceptors (Lipinski definition) is 15. The van der Waals surface area contributed by atoms with Gasteiger partial charge in [-0.2, -0.15) is 5.26 Å². The van der Waals surface area contributed by atoms with E-state index in [1.165, 1.54) is 32.9 Å². The molecule has 0 unspecified atom stereocenters. The smallest absolute Gasteiger partial charge is 0.332 e. The molecule has 7 heterocycles. The van der Waals surface area contributed by atoms with Gasteiger partial charge in [0.2, 0.25) is 6.79 Å². The first kappa shape index (κ1) is 38.4. The molecule has 1 spiro atoms. The number of rotatable bonds is 5. The number of likely N-dealkylation sites (N-methyl/N-ethyl adjacent to an activating group) is 1. The van der Waals surface area contributed by atoms with Crippen LogP contribution in [0.5, 0.6) is 40.2 Å². The minimum atomic E-state index is -1.38. The number of esters is 2. The molecule has 7 aliphatic rings. The third-order valence-corrected chi connectivity index (χ3v) is 14.6. The maximum absolute atomic E-state index is 15.2. The van der Waals surface area contributed by atoms with E-state index in [1.54, 1.807) is 18.2 Å². The summed E-state index contributed by atoms with van der Waals surface area (Å²) < 4.78 is 36.5. The molecule has 0 radical (unpaired) electrons. The molecule has 0 aromatic heterocycles. The molecule has 14 nitrogen and oxygen atoms in total. The normalized spacial score (nSPS) is 28.3. The first-order chi connectivity index (χ1) is 27.9. The summed E-state index contributed by atoms with van der Waals surface area (Å²) in [6, 6.07) is 5.26. The highest BCUT2D eigenvalue weighted by Crippen LogP contribution is 2.65. The lowest BCUT2D eigenvalue weighted by molar-refractivity contribution is -0.164. The van der Waals surface area contributed by atoms with Gasteiger partial charge >= 0.3 is 11.9 Å². The average Bonchev–Trinajstić information content (AvgIpc) is 3.69. The summed E-state index contributed by atoms with van der Waals surface area (Å²) in [7, 11) is 5.00. The van der Waals surface area contributed by atoms with E-state index >= 15 is 4.79 Å². The number of carbonyl (C=O) groups is 2. The second kappa shape index (κ2) is 14.0. The highest BCUT2D eigenvalue weighted by molar-refractivity contribution is 7.99. The van der Waals surface area contributed by atoms with Gasteiger partial charge in [-0.3, -0.25) is 19.5 Å². The lowest BCUT2D eigenvalue weighted by Gasteiger charge is -2.62. The third-order valence-electron chi connectivity index (χ3n) is 13.1. The summed E-state index contributed by atoms with van der Waals surface area (Å²) in [5, 5.41) is 33.7. The maximum atomic E-state index is 15.2. The van der Waals surface area contributed by atoms with E-state index < -0.39 is 46.9 Å². The molecule has 3 aromatic rings. The van der Waals surface area contributed by atoms with Crippen LogP contribution in [-0.2, 0) is 32.7 Å². The van der Waals surface area contributed by atoms with Crippen LogP contribution in [0.3, 0.4) is 0 Å². The number of aryl methyl sites for hydroxylation is 1. The number of carbonyl (C=O) groups excluding carboxylic acids is 2. The van der Waals surface area contributed by atoms with Crippen molar-refractivity contribution in [3.8, 4) is 46.3 Å². The first-order valence-corrected chi connectivity index (χ1v) is 20.4. The van der Waals surface area contributed by atoms with Crippen molar-refractivity contribution in [1.29, 1.82) is 5.26 Å². The number of ether oxygens (including phenoxy) is 6. The molecule has 7 aliphatic heterocycles. The number of benzene rings is 3. The Bertz CT molecular complexity index is 2330. The molecule has 0 aliphatic carbocycles. The fourth-order valence-electron chi connectivity index (χ4n) is 10.8. The summed E-state index contributed by atoms with van der Waals surface area (Å²) in [6.45, 7) is 9.70. The number of aromatic hydroxyl groups is 2. The van der Waals surface area contributed by atoms with E-state index in [1.807, 2.05) is 27.0 Å². The SMILES string of the molecule is C=CCN1CCc2cc(O)c(OC)cc2[C@@]12CS[C@@H]1c3c(OC(C)=O)c(C)c4c(c3[C@@H](COC2=O)N2[C@@H]1[C@H]1c3c(cc(C)c(OC)c3O)C[C@@H]([C@@H]2C#N)N1C)OCO4. The van der Waals surface area contributed by atoms with E-state index in [0.717, 1.165) is 16.7 Å². The van der Waals surface area contributed by atoms with Gasteiger partial charge in [-0.1, -0.05) is 12.1 Å². The Balaban J connectivity index is 1.35. The summed E-state index contributed by atoms with van der Waals surface area (Å²) in [5.41, 5.74) is 4.39. The predicted octanol–water partition coefficient (Wildman–Crippen LogP) is 4.89. The van der Waals surface area contributed by atoms with Crippen LogP contribution in [0.25, 0.3) is 0 Å². The molecule has 2 N–H and O–H groups in total. The second-order valence-electron chi connectivity index (χ2n) is 15.9. The van der Waals surface area contributed by atoms with E-state index in [4.69, 9.17) is 28.4 Å². The number of fused-ring (bicyclic) bond motifs is 9. The lowest BCUT2D eigenvalue weighted by atomic mass is 9.71. The molecule has 0 saturated carbocycles. The summed E-state index contributed by atoms with van der Waals surface area (Å²) in [6.07, 6.45) is 2.80. The Morgan fingerprint density at radius 1 is 1.09 bits per heavy atom. The highest BCUT2D eigenvalue weighted by atomic mass is 32.2. The van der Waals surface area contributed by atoms with Crippen molar-refractivity contribution in [3.63, 3.8) is 0 Å². The van der Waals surface area contributed by atoms with Crippen molar-refractivity contribution < 1.29 is 48.2 Å². The van der Waals surface area contributed by atoms with Crippen LogP contribution in [-0.4, -0.2) is 108 Å². The van der Waals surface area contributed by atoms with Gasteiger partial charge in [0.1, 0.15) is 18.4 Å².